The fourth-order valence-electron chi connectivity index (χ4n) is 3.34. The molecular formula is C21H24N2O4. The first kappa shape index (κ1) is 20.2. The number of nitrogens with zero attached hydrogens (tertiary/aromatic N) is 1. The van der Waals surface area contributed by atoms with E-state index >= 15 is 0 Å². The number of hydrogen-bond donors (Lipinski definition) is 1. The smallest absolute Gasteiger partial charge is 0.337 e. The van der Waals surface area contributed by atoms with E-state index in [0.717, 1.165) is 0 Å². The summed E-state index contributed by atoms with van der Waals surface area (Å²) >= 11 is 0. The molecule has 0 bridgehead atoms. The number of nitrogens with one attached hydrogen (secondary N) is 1. The lowest BCUT2D eigenvalue weighted by atomic mass is 9.78. The molecule has 0 spiro atoms. The lowest BCUT2D eigenvalue weighted by Crippen LogP contribution is -2.32. The molecule has 6 nitrogen and oxygen atoms in total. The molecule has 1 aliphatic rings. The molecule has 1 unspecified atom stereocenters. The van der Waals surface area contributed by atoms with Gasteiger partial charge in [0.2, 0.25) is 0 Å². The standard InChI is InChI=1S/C21H24N2O4/c1-11(2)27-21(25)19-13(4)23-12(3)18(14(5)24)20(19)16-8-7-15(10-22)9-17(16)26-6/h7-9,11,20,23H,1-6H3. The summed E-state index contributed by atoms with van der Waals surface area (Å²) in [5.41, 5.74) is 3.21. The van der Waals surface area contributed by atoms with Crippen molar-refractivity contribution in [3.63, 3.8) is 0 Å². The van der Waals surface area contributed by atoms with Crippen molar-refractivity contribution >= 4 is 11.8 Å². The van der Waals surface area contributed by atoms with Crippen LogP contribution in [0, 0.1) is 11.3 Å². The molecule has 1 heterocycles. The molecule has 1 atom stereocenters. The van der Waals surface area contributed by atoms with Crippen molar-refractivity contribution in [3.05, 3.63) is 51.9 Å². The van der Waals surface area contributed by atoms with Gasteiger partial charge in [0.25, 0.3) is 0 Å². The van der Waals surface area contributed by atoms with Crippen molar-refractivity contribution < 1.29 is 19.1 Å². The summed E-state index contributed by atoms with van der Waals surface area (Å²) in [4.78, 5) is 25.3. The third-order valence-corrected chi connectivity index (χ3v) is 4.38. The quantitative estimate of drug-likeness (QED) is 0.802. The molecule has 0 amide bonds. The number of methoxy groups -OCH3 is 1. The first-order valence-electron chi connectivity index (χ1n) is 8.69. The highest BCUT2D eigenvalue weighted by atomic mass is 16.5. The van der Waals surface area contributed by atoms with E-state index in [-0.39, 0.29) is 11.9 Å². The van der Waals surface area contributed by atoms with Crippen LogP contribution in [0.4, 0.5) is 0 Å². The van der Waals surface area contributed by atoms with Crippen molar-refractivity contribution in [1.82, 2.24) is 5.32 Å². The van der Waals surface area contributed by atoms with Gasteiger partial charge < -0.3 is 14.8 Å². The maximum atomic E-state index is 12.9. The summed E-state index contributed by atoms with van der Waals surface area (Å²) in [6.45, 7) is 8.59. The number of ether oxygens (including phenoxy) is 2. The van der Waals surface area contributed by atoms with Crippen LogP contribution in [-0.4, -0.2) is 25.0 Å². The van der Waals surface area contributed by atoms with Crippen LogP contribution in [0.25, 0.3) is 0 Å². The van der Waals surface area contributed by atoms with Crippen LogP contribution < -0.4 is 10.1 Å². The SMILES string of the molecule is COc1cc(C#N)ccc1C1C(C(C)=O)=C(C)NC(C)=C1C(=O)OC(C)C. The molecule has 6 heteroatoms. The summed E-state index contributed by atoms with van der Waals surface area (Å²) in [5.74, 6) is -0.843. The molecule has 1 N–H and O–H groups in total. The molecule has 0 aliphatic carbocycles. The fraction of sp³-hybridized carbons (Fsp3) is 0.381. The topological polar surface area (TPSA) is 88.4 Å². The monoisotopic (exact) mass is 368 g/mol. The normalized spacial score (nSPS) is 16.7. The van der Waals surface area contributed by atoms with Crippen LogP contribution in [0.15, 0.2) is 40.7 Å². The minimum Gasteiger partial charge on any atom is -0.496 e. The molecule has 1 aromatic carbocycles. The van der Waals surface area contributed by atoms with Crippen LogP contribution in [0.2, 0.25) is 0 Å². The second-order valence-electron chi connectivity index (χ2n) is 6.71. The maximum Gasteiger partial charge on any atom is 0.337 e. The largest absolute Gasteiger partial charge is 0.496 e. The first-order valence-corrected chi connectivity index (χ1v) is 8.69. The average Bonchev–Trinajstić information content (AvgIpc) is 2.59. The molecule has 1 aromatic rings. The van der Waals surface area contributed by atoms with Gasteiger partial charge in [0, 0.05) is 22.5 Å². The van der Waals surface area contributed by atoms with Gasteiger partial charge in [-0.25, -0.2) is 4.79 Å². The number of carbonyl (C=O) groups is 2. The van der Waals surface area contributed by atoms with Gasteiger partial charge >= 0.3 is 5.97 Å². The molecule has 27 heavy (non-hydrogen) atoms. The van der Waals surface area contributed by atoms with Crippen LogP contribution in [-0.2, 0) is 14.3 Å². The van der Waals surface area contributed by atoms with E-state index in [0.29, 0.717) is 39.4 Å². The van der Waals surface area contributed by atoms with E-state index in [4.69, 9.17) is 14.7 Å². The van der Waals surface area contributed by atoms with Gasteiger partial charge in [0.15, 0.2) is 5.78 Å². The van der Waals surface area contributed by atoms with E-state index in [1.165, 1.54) is 14.0 Å². The van der Waals surface area contributed by atoms with E-state index in [1.807, 2.05) is 0 Å². The molecule has 0 saturated carbocycles. The van der Waals surface area contributed by atoms with Crippen LogP contribution in [0.1, 0.15) is 51.7 Å². The predicted octanol–water partition coefficient (Wildman–Crippen LogP) is 3.34. The number of ketones is 1. The first-order chi connectivity index (χ1) is 12.7. The number of rotatable bonds is 5. The van der Waals surface area contributed by atoms with E-state index in [1.54, 1.807) is 45.9 Å². The Labute approximate surface area is 159 Å². The molecule has 0 radical (unpaired) electrons. The van der Waals surface area contributed by atoms with Gasteiger partial charge in [-0.3, -0.25) is 4.79 Å². The number of dihydropyridines is 1. The van der Waals surface area contributed by atoms with Gasteiger partial charge in [0.1, 0.15) is 5.75 Å². The number of allylic oxidation sites excluding steroid dienone is 3. The van der Waals surface area contributed by atoms with E-state index < -0.39 is 11.9 Å². The number of esters is 1. The van der Waals surface area contributed by atoms with Crippen molar-refractivity contribution in [2.45, 2.75) is 46.6 Å². The van der Waals surface area contributed by atoms with Crippen LogP contribution >= 0.6 is 0 Å². The van der Waals surface area contributed by atoms with Gasteiger partial charge in [0.05, 0.1) is 36.3 Å². The summed E-state index contributed by atoms with van der Waals surface area (Å²) in [5, 5.41) is 12.3. The Kier molecular flexibility index (Phi) is 6.06. The van der Waals surface area contributed by atoms with Gasteiger partial charge in [-0.15, -0.1) is 0 Å². The lowest BCUT2D eigenvalue weighted by molar-refractivity contribution is -0.143. The number of hydrogen-bond acceptors (Lipinski definition) is 6. The Bertz CT molecular complexity index is 888. The number of nitriles is 1. The van der Waals surface area contributed by atoms with E-state index in [2.05, 4.69) is 11.4 Å². The highest BCUT2D eigenvalue weighted by molar-refractivity contribution is 6.02. The van der Waals surface area contributed by atoms with Gasteiger partial charge in [-0.2, -0.15) is 5.26 Å². The molecule has 142 valence electrons. The Hall–Kier alpha value is -3.07. The Morgan fingerprint density at radius 2 is 1.81 bits per heavy atom. The maximum absolute atomic E-state index is 12.9. The summed E-state index contributed by atoms with van der Waals surface area (Å²) < 4.78 is 10.9. The highest BCUT2D eigenvalue weighted by Gasteiger charge is 2.37. The molecule has 0 fully saturated rings. The Balaban J connectivity index is 2.74. The number of carbonyl (C=O) groups excluding carboxylic acids is 2. The number of Topliss-reactive ketones (excluding diaryl/α,β-unsaturated/α-hetero) is 1. The van der Waals surface area contributed by atoms with Crippen molar-refractivity contribution in [2.75, 3.05) is 7.11 Å². The fourth-order valence-corrected chi connectivity index (χ4v) is 3.34. The molecule has 0 saturated heterocycles. The van der Waals surface area contributed by atoms with Crippen molar-refractivity contribution in [1.29, 1.82) is 5.26 Å². The minimum absolute atomic E-state index is 0.154. The zero-order valence-corrected chi connectivity index (χ0v) is 16.5. The second kappa shape index (κ2) is 8.09. The Morgan fingerprint density at radius 1 is 1.19 bits per heavy atom. The summed E-state index contributed by atoms with van der Waals surface area (Å²) in [6.07, 6.45) is -0.297. The lowest BCUT2D eigenvalue weighted by Gasteiger charge is -2.31. The Morgan fingerprint density at radius 3 is 2.33 bits per heavy atom. The van der Waals surface area contributed by atoms with Gasteiger partial charge in [-0.05, 0) is 46.8 Å². The van der Waals surface area contributed by atoms with Crippen LogP contribution in [0.3, 0.4) is 0 Å². The molecular weight excluding hydrogens is 344 g/mol. The zero-order chi connectivity index (χ0) is 20.3. The third kappa shape index (κ3) is 4.03. The minimum atomic E-state index is -0.641. The average molecular weight is 368 g/mol. The molecule has 1 aliphatic heterocycles. The zero-order valence-electron chi connectivity index (χ0n) is 16.5. The predicted molar refractivity (Wildman–Crippen MR) is 101 cm³/mol. The van der Waals surface area contributed by atoms with Gasteiger partial charge in [-0.1, -0.05) is 6.07 Å². The van der Waals surface area contributed by atoms with E-state index in [9.17, 15) is 9.59 Å². The highest BCUT2D eigenvalue weighted by Crippen LogP contribution is 2.42. The molecule has 0 aromatic heterocycles. The number of benzene rings is 1. The molecule has 2 rings (SSSR count). The van der Waals surface area contributed by atoms with Crippen molar-refractivity contribution in [2.24, 2.45) is 0 Å². The summed E-state index contributed by atoms with van der Waals surface area (Å²) in [7, 11) is 1.49. The third-order valence-electron chi connectivity index (χ3n) is 4.38. The second-order valence-corrected chi connectivity index (χ2v) is 6.71. The summed E-state index contributed by atoms with van der Waals surface area (Å²) in [6, 6.07) is 7.04. The van der Waals surface area contributed by atoms with Crippen LogP contribution in [0.5, 0.6) is 5.75 Å². The van der Waals surface area contributed by atoms with Crippen molar-refractivity contribution in [3.8, 4) is 11.8 Å².